The van der Waals surface area contributed by atoms with Crippen molar-refractivity contribution in [1.82, 2.24) is 19.8 Å². The standard InChI is InChI=1S/C17H25N5O3/c1-11-7-13(3)22(19-11)10-15-9-21(5-6-24-15)14(4)17(23)18-16-8-12(2)20-25-16/h7-8,14-15H,5-6,9-10H2,1-4H3,(H,18,23)/t14-,15-/m0/s1. The van der Waals surface area contributed by atoms with E-state index in [4.69, 9.17) is 9.26 Å². The van der Waals surface area contributed by atoms with E-state index < -0.39 is 0 Å². The molecule has 8 nitrogen and oxygen atoms in total. The highest BCUT2D eigenvalue weighted by Gasteiger charge is 2.29. The smallest absolute Gasteiger partial charge is 0.243 e. The highest BCUT2D eigenvalue weighted by atomic mass is 16.5. The van der Waals surface area contributed by atoms with Crippen molar-refractivity contribution >= 4 is 11.8 Å². The molecule has 0 unspecified atom stereocenters. The highest BCUT2D eigenvalue weighted by Crippen LogP contribution is 2.15. The molecule has 3 heterocycles. The molecule has 1 N–H and O–H groups in total. The van der Waals surface area contributed by atoms with Crippen LogP contribution < -0.4 is 5.32 Å². The zero-order valence-electron chi connectivity index (χ0n) is 15.2. The topological polar surface area (TPSA) is 85.4 Å². The third-order valence-corrected chi connectivity index (χ3v) is 4.45. The predicted octanol–water partition coefficient (Wildman–Crippen LogP) is 1.52. The highest BCUT2D eigenvalue weighted by molar-refractivity contribution is 5.93. The van der Waals surface area contributed by atoms with Crippen LogP contribution >= 0.6 is 0 Å². The van der Waals surface area contributed by atoms with Gasteiger partial charge in [-0.3, -0.25) is 19.7 Å². The van der Waals surface area contributed by atoms with E-state index in [2.05, 4.69) is 26.5 Å². The van der Waals surface area contributed by atoms with Gasteiger partial charge in [0.2, 0.25) is 11.8 Å². The number of nitrogens with one attached hydrogen (secondary N) is 1. The lowest BCUT2D eigenvalue weighted by Crippen LogP contribution is -2.51. The first-order valence-electron chi connectivity index (χ1n) is 8.53. The van der Waals surface area contributed by atoms with Crippen LogP contribution in [-0.2, 0) is 16.1 Å². The Kier molecular flexibility index (Phi) is 5.19. The van der Waals surface area contributed by atoms with E-state index >= 15 is 0 Å². The van der Waals surface area contributed by atoms with Gasteiger partial charge in [0, 0.05) is 24.8 Å². The minimum absolute atomic E-state index is 0.00882. The van der Waals surface area contributed by atoms with Crippen LogP contribution in [-0.4, -0.2) is 57.6 Å². The first-order chi connectivity index (χ1) is 11.9. The van der Waals surface area contributed by atoms with Gasteiger partial charge >= 0.3 is 0 Å². The Bertz CT molecular complexity index is 738. The number of aryl methyl sites for hydroxylation is 3. The zero-order valence-corrected chi connectivity index (χ0v) is 15.2. The number of anilines is 1. The largest absolute Gasteiger partial charge is 0.374 e. The summed E-state index contributed by atoms with van der Waals surface area (Å²) in [5.74, 6) is 0.268. The third-order valence-electron chi connectivity index (χ3n) is 4.45. The molecular formula is C17H25N5O3. The molecule has 0 radical (unpaired) electrons. The van der Waals surface area contributed by atoms with Crippen molar-refractivity contribution in [3.63, 3.8) is 0 Å². The number of hydrogen-bond donors (Lipinski definition) is 1. The fourth-order valence-corrected chi connectivity index (χ4v) is 3.07. The zero-order chi connectivity index (χ0) is 18.0. The van der Waals surface area contributed by atoms with E-state index in [-0.39, 0.29) is 18.1 Å². The van der Waals surface area contributed by atoms with Crippen LogP contribution in [0, 0.1) is 20.8 Å². The number of rotatable bonds is 5. The number of ether oxygens (including phenoxy) is 1. The summed E-state index contributed by atoms with van der Waals surface area (Å²) in [6, 6.07) is 3.48. The molecule has 1 fully saturated rings. The lowest BCUT2D eigenvalue weighted by atomic mass is 10.2. The fraction of sp³-hybridized carbons (Fsp3) is 0.588. The molecule has 0 aliphatic carbocycles. The normalized spacial score (nSPS) is 19.8. The molecule has 136 valence electrons. The Morgan fingerprint density at radius 2 is 2.16 bits per heavy atom. The maximum atomic E-state index is 12.4. The SMILES string of the molecule is Cc1cc(NC(=O)[C@H](C)N2CCO[C@H](Cn3nc(C)cc3C)C2)on1. The molecular weight excluding hydrogens is 322 g/mol. The minimum Gasteiger partial charge on any atom is -0.374 e. The lowest BCUT2D eigenvalue weighted by Gasteiger charge is -2.36. The van der Waals surface area contributed by atoms with E-state index in [9.17, 15) is 4.79 Å². The monoisotopic (exact) mass is 347 g/mol. The Labute approximate surface area is 147 Å². The molecule has 1 aliphatic heterocycles. The van der Waals surface area contributed by atoms with Crippen molar-refractivity contribution in [2.75, 3.05) is 25.0 Å². The van der Waals surface area contributed by atoms with Gasteiger partial charge in [0.25, 0.3) is 0 Å². The molecule has 2 aromatic rings. The number of morpholine rings is 1. The number of carbonyl (C=O) groups is 1. The average molecular weight is 347 g/mol. The first-order valence-corrected chi connectivity index (χ1v) is 8.53. The molecule has 0 spiro atoms. The second-order valence-corrected chi connectivity index (χ2v) is 6.59. The van der Waals surface area contributed by atoms with Gasteiger partial charge in [-0.2, -0.15) is 5.10 Å². The first kappa shape index (κ1) is 17.6. The third kappa shape index (κ3) is 4.26. The van der Waals surface area contributed by atoms with Crippen molar-refractivity contribution in [2.45, 2.75) is 46.4 Å². The summed E-state index contributed by atoms with van der Waals surface area (Å²) in [5.41, 5.74) is 2.85. The number of aromatic nitrogens is 3. The van der Waals surface area contributed by atoms with Crippen molar-refractivity contribution in [3.8, 4) is 0 Å². The second-order valence-electron chi connectivity index (χ2n) is 6.59. The molecule has 2 atom stereocenters. The average Bonchev–Trinajstić information content (AvgIpc) is 3.11. The van der Waals surface area contributed by atoms with E-state index in [1.165, 1.54) is 0 Å². The van der Waals surface area contributed by atoms with Crippen LogP contribution in [0.2, 0.25) is 0 Å². The van der Waals surface area contributed by atoms with Crippen LogP contribution in [0.1, 0.15) is 24.0 Å². The summed E-state index contributed by atoms with van der Waals surface area (Å²) >= 11 is 0. The van der Waals surface area contributed by atoms with E-state index in [0.717, 1.165) is 23.6 Å². The summed E-state index contributed by atoms with van der Waals surface area (Å²) < 4.78 is 12.9. The lowest BCUT2D eigenvalue weighted by molar-refractivity contribution is -0.124. The van der Waals surface area contributed by atoms with Gasteiger partial charge in [-0.1, -0.05) is 5.16 Å². The summed E-state index contributed by atoms with van der Waals surface area (Å²) in [6.07, 6.45) is 0.00882. The number of amides is 1. The molecule has 0 saturated carbocycles. The van der Waals surface area contributed by atoms with Gasteiger partial charge in [-0.05, 0) is 33.8 Å². The molecule has 25 heavy (non-hydrogen) atoms. The van der Waals surface area contributed by atoms with Crippen LogP contribution in [0.15, 0.2) is 16.7 Å². The van der Waals surface area contributed by atoms with Gasteiger partial charge in [-0.15, -0.1) is 0 Å². The second kappa shape index (κ2) is 7.37. The van der Waals surface area contributed by atoms with Gasteiger partial charge in [0.1, 0.15) is 0 Å². The van der Waals surface area contributed by atoms with Gasteiger partial charge in [0.15, 0.2) is 0 Å². The van der Waals surface area contributed by atoms with E-state index in [1.807, 2.05) is 32.4 Å². The van der Waals surface area contributed by atoms with Crippen molar-refractivity contribution in [2.24, 2.45) is 0 Å². The minimum atomic E-state index is -0.280. The molecule has 0 aromatic carbocycles. The molecule has 8 heteroatoms. The van der Waals surface area contributed by atoms with Crippen LogP contribution in [0.25, 0.3) is 0 Å². The Hall–Kier alpha value is -2.19. The Balaban J connectivity index is 1.58. The molecule has 1 saturated heterocycles. The molecule has 1 amide bonds. The molecule has 3 rings (SSSR count). The summed E-state index contributed by atoms with van der Waals surface area (Å²) in [4.78, 5) is 14.6. The Morgan fingerprint density at radius 1 is 1.36 bits per heavy atom. The quantitative estimate of drug-likeness (QED) is 0.883. The van der Waals surface area contributed by atoms with Crippen molar-refractivity contribution in [1.29, 1.82) is 0 Å². The van der Waals surface area contributed by atoms with Crippen LogP contribution in [0.5, 0.6) is 0 Å². The fourth-order valence-electron chi connectivity index (χ4n) is 3.07. The van der Waals surface area contributed by atoms with E-state index in [1.54, 1.807) is 6.07 Å². The Morgan fingerprint density at radius 3 is 2.80 bits per heavy atom. The molecule has 1 aliphatic rings. The van der Waals surface area contributed by atoms with Gasteiger partial charge in [-0.25, -0.2) is 0 Å². The van der Waals surface area contributed by atoms with Crippen LogP contribution in [0.4, 0.5) is 5.88 Å². The molecule has 2 aromatic heterocycles. The van der Waals surface area contributed by atoms with Gasteiger partial charge < -0.3 is 9.26 Å². The summed E-state index contributed by atoms with van der Waals surface area (Å²) in [6.45, 7) is 10.4. The van der Waals surface area contributed by atoms with Gasteiger partial charge in [0.05, 0.1) is 36.7 Å². The van der Waals surface area contributed by atoms with Crippen molar-refractivity contribution in [3.05, 3.63) is 29.2 Å². The van der Waals surface area contributed by atoms with Crippen molar-refractivity contribution < 1.29 is 14.1 Å². The summed E-state index contributed by atoms with van der Waals surface area (Å²) in [7, 11) is 0. The maximum absolute atomic E-state index is 12.4. The number of hydrogen-bond acceptors (Lipinski definition) is 6. The maximum Gasteiger partial charge on any atom is 0.243 e. The van der Waals surface area contributed by atoms with E-state index in [0.29, 0.717) is 25.6 Å². The predicted molar refractivity (Wildman–Crippen MR) is 92.3 cm³/mol. The number of nitrogens with zero attached hydrogens (tertiary/aromatic N) is 4. The van der Waals surface area contributed by atoms with Crippen LogP contribution in [0.3, 0.4) is 0 Å². The molecule has 0 bridgehead atoms. The number of carbonyl (C=O) groups excluding carboxylic acids is 1. The summed E-state index contributed by atoms with van der Waals surface area (Å²) in [5, 5.41) is 11.0.